The summed E-state index contributed by atoms with van der Waals surface area (Å²) in [6.07, 6.45) is 4.09. The first-order valence-corrected chi connectivity index (χ1v) is 4.96. The van der Waals surface area contributed by atoms with Gasteiger partial charge in [-0.1, -0.05) is 0 Å². The number of likely N-dealkylation sites (tertiary alicyclic amines) is 1. The van der Waals surface area contributed by atoms with Crippen molar-refractivity contribution in [1.29, 1.82) is 0 Å². The lowest BCUT2D eigenvalue weighted by Gasteiger charge is -2.18. The van der Waals surface area contributed by atoms with E-state index in [0.29, 0.717) is 0 Å². The molecule has 0 aliphatic carbocycles. The van der Waals surface area contributed by atoms with E-state index in [2.05, 4.69) is 38.3 Å². The molecule has 2 nitrogen and oxygen atoms in total. The smallest absolute Gasteiger partial charge is 0.0169 e. The number of rotatable bonds is 3. The van der Waals surface area contributed by atoms with E-state index in [9.17, 15) is 0 Å². The fraction of sp³-hybridized carbons (Fsp3) is 1.00. The van der Waals surface area contributed by atoms with Crippen LogP contribution >= 0.6 is 22.9 Å². The molecule has 0 aromatic carbocycles. The zero-order chi connectivity index (χ0) is 7.40. The lowest BCUT2D eigenvalue weighted by Crippen LogP contribution is -2.27. The molecule has 0 aromatic rings. The summed E-state index contributed by atoms with van der Waals surface area (Å²) in [5, 5.41) is 0. The fourth-order valence-corrected chi connectivity index (χ4v) is 1.88. The van der Waals surface area contributed by atoms with Crippen molar-refractivity contribution >= 4 is 22.9 Å². The summed E-state index contributed by atoms with van der Waals surface area (Å²) in [5.74, 6) is 0. The molecule has 0 radical (unpaired) electrons. The van der Waals surface area contributed by atoms with Crippen molar-refractivity contribution in [3.8, 4) is 0 Å². The van der Waals surface area contributed by atoms with Crippen LogP contribution in [0.2, 0.25) is 0 Å². The lowest BCUT2D eigenvalue weighted by atomic mass is 10.1. The van der Waals surface area contributed by atoms with E-state index in [1.165, 1.54) is 25.8 Å². The molecular formula is C7H15IN2. The SMILES string of the molecule is CN1CCCC1CCNI. The summed E-state index contributed by atoms with van der Waals surface area (Å²) in [6, 6.07) is 0.849. The molecule has 1 fully saturated rings. The predicted molar refractivity (Wildman–Crippen MR) is 52.3 cm³/mol. The maximum atomic E-state index is 3.16. The van der Waals surface area contributed by atoms with Crippen LogP contribution in [0.15, 0.2) is 0 Å². The molecule has 1 unspecified atom stereocenters. The molecule has 10 heavy (non-hydrogen) atoms. The third-order valence-electron chi connectivity index (χ3n) is 2.24. The zero-order valence-electron chi connectivity index (χ0n) is 6.44. The van der Waals surface area contributed by atoms with Gasteiger partial charge in [0, 0.05) is 35.5 Å². The van der Waals surface area contributed by atoms with Gasteiger partial charge in [-0.2, -0.15) is 0 Å². The molecule has 0 bridgehead atoms. The van der Waals surface area contributed by atoms with Crippen molar-refractivity contribution in [2.45, 2.75) is 25.3 Å². The normalized spacial score (nSPS) is 27.6. The van der Waals surface area contributed by atoms with Gasteiger partial charge in [-0.15, -0.1) is 0 Å². The molecule has 1 heterocycles. The van der Waals surface area contributed by atoms with E-state index >= 15 is 0 Å². The van der Waals surface area contributed by atoms with E-state index in [4.69, 9.17) is 0 Å². The van der Waals surface area contributed by atoms with Gasteiger partial charge in [0.1, 0.15) is 0 Å². The van der Waals surface area contributed by atoms with Gasteiger partial charge in [0.25, 0.3) is 0 Å². The van der Waals surface area contributed by atoms with Crippen LogP contribution in [-0.4, -0.2) is 31.1 Å². The number of halogens is 1. The highest BCUT2D eigenvalue weighted by Gasteiger charge is 2.19. The van der Waals surface area contributed by atoms with Crippen LogP contribution in [-0.2, 0) is 0 Å². The molecular weight excluding hydrogens is 239 g/mol. The molecule has 0 saturated carbocycles. The molecule has 60 valence electrons. The Labute approximate surface area is 76.9 Å². The Morgan fingerprint density at radius 1 is 1.70 bits per heavy atom. The minimum Gasteiger partial charge on any atom is -0.303 e. The second-order valence-electron chi connectivity index (χ2n) is 2.95. The average molecular weight is 254 g/mol. The fourth-order valence-electron chi connectivity index (χ4n) is 1.57. The molecule has 0 spiro atoms. The Bertz CT molecular complexity index is 97.6. The van der Waals surface area contributed by atoms with E-state index in [0.717, 1.165) is 12.6 Å². The van der Waals surface area contributed by atoms with E-state index in [1.54, 1.807) is 0 Å². The lowest BCUT2D eigenvalue weighted by molar-refractivity contribution is 0.298. The minimum atomic E-state index is 0.849. The summed E-state index contributed by atoms with van der Waals surface area (Å²) in [5.41, 5.74) is 0. The summed E-state index contributed by atoms with van der Waals surface area (Å²) in [6.45, 7) is 2.45. The van der Waals surface area contributed by atoms with Crippen LogP contribution in [0.3, 0.4) is 0 Å². The van der Waals surface area contributed by atoms with Gasteiger partial charge in [0.15, 0.2) is 0 Å². The average Bonchev–Trinajstić information content (AvgIpc) is 2.31. The van der Waals surface area contributed by atoms with Gasteiger partial charge in [-0.3, -0.25) is 3.53 Å². The van der Waals surface area contributed by atoms with Crippen molar-refractivity contribution in [2.75, 3.05) is 20.1 Å². The molecule has 1 aliphatic heterocycles. The zero-order valence-corrected chi connectivity index (χ0v) is 8.60. The molecule has 3 heteroatoms. The molecule has 1 atom stereocenters. The number of hydrogen-bond acceptors (Lipinski definition) is 2. The monoisotopic (exact) mass is 254 g/mol. The molecule has 1 saturated heterocycles. The van der Waals surface area contributed by atoms with E-state index in [1.807, 2.05) is 0 Å². The summed E-state index contributed by atoms with van der Waals surface area (Å²) < 4.78 is 3.16. The standard InChI is InChI=1S/C7H15IN2/c1-10-6-2-3-7(10)4-5-9-8/h7,9H,2-6H2,1H3. The Kier molecular flexibility index (Phi) is 3.95. The Morgan fingerprint density at radius 3 is 3.00 bits per heavy atom. The number of nitrogens with one attached hydrogen (secondary N) is 1. The third kappa shape index (κ3) is 2.36. The first-order valence-electron chi connectivity index (χ1n) is 3.88. The Hall–Kier alpha value is 0.650. The topological polar surface area (TPSA) is 15.3 Å². The highest BCUT2D eigenvalue weighted by atomic mass is 127. The van der Waals surface area contributed by atoms with E-state index < -0.39 is 0 Å². The molecule has 1 rings (SSSR count). The van der Waals surface area contributed by atoms with Gasteiger partial charge in [0.05, 0.1) is 0 Å². The predicted octanol–water partition coefficient (Wildman–Crippen LogP) is 1.41. The van der Waals surface area contributed by atoms with Gasteiger partial charge in [0.2, 0.25) is 0 Å². The van der Waals surface area contributed by atoms with Gasteiger partial charge < -0.3 is 4.90 Å². The highest BCUT2D eigenvalue weighted by Crippen LogP contribution is 2.16. The maximum absolute atomic E-state index is 3.16. The number of nitrogens with zero attached hydrogens (tertiary/aromatic N) is 1. The molecule has 0 aromatic heterocycles. The first-order chi connectivity index (χ1) is 4.84. The van der Waals surface area contributed by atoms with Crippen molar-refractivity contribution in [2.24, 2.45) is 0 Å². The largest absolute Gasteiger partial charge is 0.303 e. The van der Waals surface area contributed by atoms with Gasteiger partial charge in [-0.05, 0) is 32.9 Å². The summed E-state index contributed by atoms with van der Waals surface area (Å²) >= 11 is 2.21. The summed E-state index contributed by atoms with van der Waals surface area (Å²) in [4.78, 5) is 2.47. The molecule has 0 amide bonds. The maximum Gasteiger partial charge on any atom is 0.0169 e. The van der Waals surface area contributed by atoms with Crippen LogP contribution in [0.1, 0.15) is 19.3 Å². The van der Waals surface area contributed by atoms with Gasteiger partial charge >= 0.3 is 0 Å². The van der Waals surface area contributed by atoms with Crippen LogP contribution < -0.4 is 3.53 Å². The second kappa shape index (κ2) is 4.51. The summed E-state index contributed by atoms with van der Waals surface area (Å²) in [7, 11) is 2.23. The van der Waals surface area contributed by atoms with Crippen molar-refractivity contribution < 1.29 is 0 Å². The number of hydrogen-bond donors (Lipinski definition) is 1. The third-order valence-corrected chi connectivity index (χ3v) is 2.78. The van der Waals surface area contributed by atoms with Crippen molar-refractivity contribution in [3.05, 3.63) is 0 Å². The first kappa shape index (κ1) is 8.74. The Balaban J connectivity index is 2.14. The minimum absolute atomic E-state index is 0.849. The second-order valence-corrected chi connectivity index (χ2v) is 3.71. The van der Waals surface area contributed by atoms with E-state index in [-0.39, 0.29) is 0 Å². The van der Waals surface area contributed by atoms with Crippen LogP contribution in [0, 0.1) is 0 Å². The molecule has 1 aliphatic rings. The van der Waals surface area contributed by atoms with Crippen molar-refractivity contribution in [3.63, 3.8) is 0 Å². The quantitative estimate of drug-likeness (QED) is 0.605. The van der Waals surface area contributed by atoms with Crippen LogP contribution in [0.5, 0.6) is 0 Å². The van der Waals surface area contributed by atoms with Crippen LogP contribution in [0.4, 0.5) is 0 Å². The Morgan fingerprint density at radius 2 is 2.50 bits per heavy atom. The van der Waals surface area contributed by atoms with Crippen LogP contribution in [0.25, 0.3) is 0 Å². The van der Waals surface area contributed by atoms with Gasteiger partial charge in [-0.25, -0.2) is 0 Å². The highest BCUT2D eigenvalue weighted by molar-refractivity contribution is 14.1. The molecule has 1 N–H and O–H groups in total. The van der Waals surface area contributed by atoms with Crippen molar-refractivity contribution in [1.82, 2.24) is 8.43 Å².